The van der Waals surface area contributed by atoms with Crippen LogP contribution in [0.4, 0.5) is 0 Å². The van der Waals surface area contributed by atoms with Crippen LogP contribution in [0.15, 0.2) is 61.1 Å². The molecule has 26 heavy (non-hydrogen) atoms. The van der Waals surface area contributed by atoms with Gasteiger partial charge in [-0.1, -0.05) is 18.2 Å². The standard InChI is InChI=1S/C21H25N5/c1-22-19-6-5-13-25(16-19)14-18-15-26(20-7-3-2-4-8-20)24-21(18)17-9-11-23-12-10-17/h2-4,7-12,15,19,22H,5-6,13-14,16H2,1H3. The number of pyridine rings is 1. The predicted molar refractivity (Wildman–Crippen MR) is 104 cm³/mol. The zero-order valence-corrected chi connectivity index (χ0v) is 15.2. The molecule has 4 rings (SSSR count). The van der Waals surface area contributed by atoms with Crippen molar-refractivity contribution in [1.29, 1.82) is 0 Å². The Kier molecular flexibility index (Phi) is 5.09. The van der Waals surface area contributed by atoms with E-state index in [1.54, 1.807) is 0 Å². The lowest BCUT2D eigenvalue weighted by atomic mass is 10.0. The molecule has 1 aliphatic heterocycles. The van der Waals surface area contributed by atoms with E-state index in [9.17, 15) is 0 Å². The van der Waals surface area contributed by atoms with Crippen molar-refractivity contribution in [2.24, 2.45) is 0 Å². The summed E-state index contributed by atoms with van der Waals surface area (Å²) in [5.41, 5.74) is 4.51. The normalized spacial score (nSPS) is 18.1. The Morgan fingerprint density at radius 2 is 1.92 bits per heavy atom. The van der Waals surface area contributed by atoms with E-state index in [-0.39, 0.29) is 0 Å². The summed E-state index contributed by atoms with van der Waals surface area (Å²) in [5, 5.41) is 8.33. The average Bonchev–Trinajstić information content (AvgIpc) is 3.13. The first-order valence-corrected chi connectivity index (χ1v) is 9.27. The lowest BCUT2D eigenvalue weighted by molar-refractivity contribution is 0.188. The van der Waals surface area contributed by atoms with Gasteiger partial charge in [-0.3, -0.25) is 9.88 Å². The molecule has 3 heterocycles. The number of para-hydroxylation sites is 1. The molecule has 1 fully saturated rings. The summed E-state index contributed by atoms with van der Waals surface area (Å²) in [6, 6.07) is 15.0. The molecule has 0 aliphatic carbocycles. The number of piperidine rings is 1. The van der Waals surface area contributed by atoms with Crippen molar-refractivity contribution < 1.29 is 0 Å². The van der Waals surface area contributed by atoms with Crippen molar-refractivity contribution >= 4 is 0 Å². The van der Waals surface area contributed by atoms with E-state index in [0.717, 1.165) is 36.6 Å². The molecule has 0 spiro atoms. The SMILES string of the molecule is CNC1CCCN(Cc2cn(-c3ccccc3)nc2-c2ccncc2)C1. The van der Waals surface area contributed by atoms with Crippen LogP contribution < -0.4 is 5.32 Å². The maximum Gasteiger partial charge on any atom is 0.0973 e. The molecule has 1 aromatic carbocycles. The highest BCUT2D eigenvalue weighted by Gasteiger charge is 2.21. The van der Waals surface area contributed by atoms with Crippen LogP contribution >= 0.6 is 0 Å². The quantitative estimate of drug-likeness (QED) is 0.770. The second-order valence-electron chi connectivity index (χ2n) is 6.88. The van der Waals surface area contributed by atoms with Gasteiger partial charge in [0, 0.05) is 48.8 Å². The number of rotatable bonds is 5. The number of aromatic nitrogens is 3. The number of benzene rings is 1. The van der Waals surface area contributed by atoms with E-state index in [2.05, 4.69) is 40.6 Å². The minimum atomic E-state index is 0.581. The summed E-state index contributed by atoms with van der Waals surface area (Å²) in [4.78, 5) is 6.68. The van der Waals surface area contributed by atoms with Gasteiger partial charge < -0.3 is 5.32 Å². The molecule has 0 radical (unpaired) electrons. The maximum absolute atomic E-state index is 4.90. The van der Waals surface area contributed by atoms with Crippen molar-refractivity contribution in [2.75, 3.05) is 20.1 Å². The van der Waals surface area contributed by atoms with Gasteiger partial charge in [-0.25, -0.2) is 4.68 Å². The van der Waals surface area contributed by atoms with Crippen molar-refractivity contribution in [3.8, 4) is 16.9 Å². The van der Waals surface area contributed by atoms with E-state index < -0.39 is 0 Å². The fraction of sp³-hybridized carbons (Fsp3) is 0.333. The van der Waals surface area contributed by atoms with Crippen molar-refractivity contribution in [2.45, 2.75) is 25.4 Å². The van der Waals surface area contributed by atoms with Gasteiger partial charge in [-0.2, -0.15) is 5.10 Å². The largest absolute Gasteiger partial charge is 0.316 e. The van der Waals surface area contributed by atoms with Gasteiger partial charge in [-0.15, -0.1) is 0 Å². The van der Waals surface area contributed by atoms with Crippen LogP contribution in [0, 0.1) is 0 Å². The zero-order chi connectivity index (χ0) is 17.8. The van der Waals surface area contributed by atoms with Crippen LogP contribution in [0.1, 0.15) is 18.4 Å². The van der Waals surface area contributed by atoms with Gasteiger partial charge in [0.25, 0.3) is 0 Å². The van der Waals surface area contributed by atoms with Crippen molar-refractivity contribution in [1.82, 2.24) is 25.0 Å². The molecule has 1 atom stereocenters. The molecule has 0 amide bonds. The molecule has 5 heteroatoms. The highest BCUT2D eigenvalue weighted by atomic mass is 15.3. The average molecular weight is 347 g/mol. The molecule has 1 N–H and O–H groups in total. The first kappa shape index (κ1) is 16.9. The van der Waals surface area contributed by atoms with Crippen LogP contribution in [0.5, 0.6) is 0 Å². The van der Waals surface area contributed by atoms with Crippen LogP contribution in [-0.2, 0) is 6.54 Å². The highest BCUT2D eigenvalue weighted by molar-refractivity contribution is 5.62. The second-order valence-corrected chi connectivity index (χ2v) is 6.88. The monoisotopic (exact) mass is 347 g/mol. The van der Waals surface area contributed by atoms with Gasteiger partial charge in [0.1, 0.15) is 0 Å². The van der Waals surface area contributed by atoms with Gasteiger partial charge in [0.2, 0.25) is 0 Å². The number of nitrogens with zero attached hydrogens (tertiary/aromatic N) is 4. The summed E-state index contributed by atoms with van der Waals surface area (Å²) in [6.45, 7) is 3.15. The smallest absolute Gasteiger partial charge is 0.0973 e. The number of hydrogen-bond acceptors (Lipinski definition) is 4. The Morgan fingerprint density at radius 1 is 1.12 bits per heavy atom. The first-order valence-electron chi connectivity index (χ1n) is 9.27. The second kappa shape index (κ2) is 7.81. The third-order valence-corrected chi connectivity index (χ3v) is 5.07. The Bertz CT molecular complexity index is 828. The van der Waals surface area contributed by atoms with Crippen molar-refractivity contribution in [3.05, 3.63) is 66.6 Å². The number of likely N-dealkylation sites (N-methyl/N-ethyl adjacent to an activating group) is 1. The molecule has 1 unspecified atom stereocenters. The minimum absolute atomic E-state index is 0.581. The van der Waals surface area contributed by atoms with Gasteiger partial charge >= 0.3 is 0 Å². The topological polar surface area (TPSA) is 46.0 Å². The number of likely N-dealkylation sites (tertiary alicyclic amines) is 1. The third-order valence-electron chi connectivity index (χ3n) is 5.07. The van der Waals surface area contributed by atoms with E-state index in [1.807, 2.05) is 47.4 Å². The molecule has 1 saturated heterocycles. The van der Waals surface area contributed by atoms with E-state index >= 15 is 0 Å². The molecule has 0 bridgehead atoms. The van der Waals surface area contributed by atoms with Crippen LogP contribution in [0.25, 0.3) is 16.9 Å². The number of nitrogens with one attached hydrogen (secondary N) is 1. The predicted octanol–water partition coefficient (Wildman–Crippen LogP) is 3.12. The molecule has 134 valence electrons. The maximum atomic E-state index is 4.90. The molecule has 3 aromatic rings. The van der Waals surface area contributed by atoms with Gasteiger partial charge in [0.15, 0.2) is 0 Å². The molecule has 5 nitrogen and oxygen atoms in total. The summed E-state index contributed by atoms with van der Waals surface area (Å²) in [7, 11) is 2.06. The van der Waals surface area contributed by atoms with Crippen LogP contribution in [0.2, 0.25) is 0 Å². The van der Waals surface area contributed by atoms with Crippen molar-refractivity contribution in [3.63, 3.8) is 0 Å². The summed E-state index contributed by atoms with van der Waals surface area (Å²) >= 11 is 0. The van der Waals surface area contributed by atoms with Crippen LogP contribution in [0.3, 0.4) is 0 Å². The van der Waals surface area contributed by atoms with E-state index in [4.69, 9.17) is 5.10 Å². The molecular formula is C21H25N5. The Morgan fingerprint density at radius 3 is 2.69 bits per heavy atom. The zero-order valence-electron chi connectivity index (χ0n) is 15.2. The summed E-state index contributed by atoms with van der Waals surface area (Å²) in [5.74, 6) is 0. The molecule has 2 aromatic heterocycles. The lowest BCUT2D eigenvalue weighted by Crippen LogP contribution is -2.43. The summed E-state index contributed by atoms with van der Waals surface area (Å²) < 4.78 is 1.99. The highest BCUT2D eigenvalue weighted by Crippen LogP contribution is 2.25. The van der Waals surface area contributed by atoms with E-state index in [1.165, 1.54) is 18.4 Å². The minimum Gasteiger partial charge on any atom is -0.316 e. The Labute approximate surface area is 154 Å². The molecule has 0 saturated carbocycles. The van der Waals surface area contributed by atoms with Gasteiger partial charge in [-0.05, 0) is 50.7 Å². The Hall–Kier alpha value is -2.50. The summed E-state index contributed by atoms with van der Waals surface area (Å²) in [6.07, 6.45) is 8.33. The first-order chi connectivity index (χ1) is 12.8. The third kappa shape index (κ3) is 3.69. The lowest BCUT2D eigenvalue weighted by Gasteiger charge is -2.32. The fourth-order valence-electron chi connectivity index (χ4n) is 3.67. The Balaban J connectivity index is 1.67. The fourth-order valence-corrected chi connectivity index (χ4v) is 3.67. The van der Waals surface area contributed by atoms with Crippen LogP contribution in [-0.4, -0.2) is 45.8 Å². The molecule has 1 aliphatic rings. The van der Waals surface area contributed by atoms with E-state index in [0.29, 0.717) is 6.04 Å². The molecular weight excluding hydrogens is 322 g/mol. The van der Waals surface area contributed by atoms with Gasteiger partial charge in [0.05, 0.1) is 11.4 Å². The number of hydrogen-bond donors (Lipinski definition) is 1.